The van der Waals surface area contributed by atoms with Crippen LogP contribution >= 0.6 is 0 Å². The first-order valence-electron chi connectivity index (χ1n) is 8.61. The van der Waals surface area contributed by atoms with E-state index >= 15 is 0 Å². The van der Waals surface area contributed by atoms with Gasteiger partial charge in [0.15, 0.2) is 0 Å². The van der Waals surface area contributed by atoms with Crippen molar-refractivity contribution in [2.24, 2.45) is 0 Å². The number of aryl methyl sites for hydroxylation is 2. The van der Waals surface area contributed by atoms with Gasteiger partial charge in [-0.15, -0.1) is 0 Å². The van der Waals surface area contributed by atoms with E-state index in [2.05, 4.69) is 21.8 Å². The lowest BCUT2D eigenvalue weighted by Crippen LogP contribution is -2.49. The summed E-state index contributed by atoms with van der Waals surface area (Å²) in [4.78, 5) is 35.7. The highest BCUT2D eigenvalue weighted by Crippen LogP contribution is 2.18. The van der Waals surface area contributed by atoms with Crippen LogP contribution in [-0.4, -0.2) is 51.9 Å². The second-order valence-corrected chi connectivity index (χ2v) is 6.20. The van der Waals surface area contributed by atoms with E-state index < -0.39 is 4.92 Å². The summed E-state index contributed by atoms with van der Waals surface area (Å²) in [5.74, 6) is 1.55. The molecule has 0 N–H and O–H groups in total. The molecule has 1 aromatic heterocycles. The monoisotopic (exact) mass is 355 g/mol. The first kappa shape index (κ1) is 17.8. The van der Waals surface area contributed by atoms with Gasteiger partial charge >= 0.3 is 0 Å². The Morgan fingerprint density at radius 3 is 2.38 bits per heavy atom. The summed E-state index contributed by atoms with van der Waals surface area (Å²) in [6.45, 7) is 6.50. The van der Waals surface area contributed by atoms with Crippen molar-refractivity contribution >= 4 is 17.4 Å². The highest BCUT2D eigenvalue weighted by Gasteiger charge is 2.23. The Kier molecular flexibility index (Phi) is 5.11. The van der Waals surface area contributed by atoms with Gasteiger partial charge in [0, 0.05) is 55.6 Å². The van der Waals surface area contributed by atoms with Crippen molar-refractivity contribution in [3.8, 4) is 0 Å². The molecular formula is C18H21N5O3. The fourth-order valence-corrected chi connectivity index (χ4v) is 3.00. The van der Waals surface area contributed by atoms with Crippen molar-refractivity contribution in [2.75, 3.05) is 31.1 Å². The number of amides is 1. The van der Waals surface area contributed by atoms with Gasteiger partial charge in [0.25, 0.3) is 11.6 Å². The molecule has 0 unspecified atom stereocenters. The largest absolute Gasteiger partial charge is 0.353 e. The van der Waals surface area contributed by atoms with Crippen LogP contribution < -0.4 is 4.90 Å². The minimum atomic E-state index is -0.471. The Morgan fingerprint density at radius 2 is 1.81 bits per heavy atom. The molecule has 1 aliphatic heterocycles. The fourth-order valence-electron chi connectivity index (χ4n) is 3.00. The van der Waals surface area contributed by atoms with Crippen molar-refractivity contribution in [1.29, 1.82) is 0 Å². The number of rotatable bonds is 4. The SMILES string of the molecule is CCc1cc(N2CCN(C(=O)c3ccc([N+](=O)[O-])cc3)CC2)nc(C)n1. The minimum Gasteiger partial charge on any atom is -0.353 e. The van der Waals surface area contributed by atoms with Gasteiger partial charge in [-0.1, -0.05) is 6.92 Å². The molecule has 0 bridgehead atoms. The third-order valence-corrected chi connectivity index (χ3v) is 4.46. The lowest BCUT2D eigenvalue weighted by Gasteiger charge is -2.35. The molecule has 0 radical (unpaired) electrons. The van der Waals surface area contributed by atoms with Crippen LogP contribution in [-0.2, 0) is 6.42 Å². The molecule has 0 atom stereocenters. The molecule has 8 heteroatoms. The Hall–Kier alpha value is -3.03. The second kappa shape index (κ2) is 7.47. The summed E-state index contributed by atoms with van der Waals surface area (Å²) < 4.78 is 0. The van der Waals surface area contributed by atoms with Crippen molar-refractivity contribution in [1.82, 2.24) is 14.9 Å². The maximum atomic E-state index is 12.6. The average molecular weight is 355 g/mol. The van der Waals surface area contributed by atoms with E-state index in [9.17, 15) is 14.9 Å². The summed E-state index contributed by atoms with van der Waals surface area (Å²) in [6.07, 6.45) is 0.856. The fraction of sp³-hybridized carbons (Fsp3) is 0.389. The van der Waals surface area contributed by atoms with Gasteiger partial charge in [0.2, 0.25) is 0 Å². The molecule has 3 rings (SSSR count). The molecule has 1 aromatic carbocycles. The van der Waals surface area contributed by atoms with Crippen molar-refractivity contribution < 1.29 is 9.72 Å². The van der Waals surface area contributed by atoms with Crippen molar-refractivity contribution in [3.05, 3.63) is 57.5 Å². The predicted molar refractivity (Wildman–Crippen MR) is 97.4 cm³/mol. The van der Waals surface area contributed by atoms with Gasteiger partial charge in [-0.3, -0.25) is 14.9 Å². The first-order chi connectivity index (χ1) is 12.5. The molecule has 8 nitrogen and oxygen atoms in total. The molecule has 26 heavy (non-hydrogen) atoms. The molecule has 0 spiro atoms. The van der Waals surface area contributed by atoms with E-state index in [0.29, 0.717) is 31.7 Å². The van der Waals surface area contributed by atoms with E-state index in [1.807, 2.05) is 13.0 Å². The van der Waals surface area contributed by atoms with E-state index in [0.717, 1.165) is 23.8 Å². The highest BCUT2D eigenvalue weighted by atomic mass is 16.6. The van der Waals surface area contributed by atoms with Crippen LogP contribution in [0.25, 0.3) is 0 Å². The Labute approximate surface area is 151 Å². The molecule has 1 aliphatic rings. The predicted octanol–water partition coefficient (Wildman–Crippen LogP) is 2.22. The van der Waals surface area contributed by atoms with Crippen LogP contribution in [0.2, 0.25) is 0 Å². The van der Waals surface area contributed by atoms with Gasteiger partial charge in [0.1, 0.15) is 11.6 Å². The number of nitrogens with zero attached hydrogens (tertiary/aromatic N) is 5. The van der Waals surface area contributed by atoms with Crippen molar-refractivity contribution in [3.63, 3.8) is 0 Å². The minimum absolute atomic E-state index is 0.0165. The molecule has 136 valence electrons. The molecule has 1 saturated heterocycles. The number of anilines is 1. The standard InChI is InChI=1S/C18H21N5O3/c1-3-15-12-17(20-13(2)19-15)21-8-10-22(11-9-21)18(24)14-4-6-16(7-5-14)23(25)26/h4-7,12H,3,8-11H2,1-2H3. The number of carbonyl (C=O) groups excluding carboxylic acids is 1. The van der Waals surface area contributed by atoms with Gasteiger partial charge in [-0.25, -0.2) is 9.97 Å². The lowest BCUT2D eigenvalue weighted by molar-refractivity contribution is -0.384. The number of non-ortho nitro benzene ring substituents is 1. The zero-order valence-corrected chi connectivity index (χ0v) is 14.9. The summed E-state index contributed by atoms with van der Waals surface area (Å²) in [5, 5.41) is 10.7. The maximum absolute atomic E-state index is 12.6. The maximum Gasteiger partial charge on any atom is 0.269 e. The quantitative estimate of drug-likeness (QED) is 0.617. The summed E-state index contributed by atoms with van der Waals surface area (Å²) >= 11 is 0. The number of benzene rings is 1. The van der Waals surface area contributed by atoms with Crippen LogP contribution in [0, 0.1) is 17.0 Å². The van der Waals surface area contributed by atoms with E-state index in [-0.39, 0.29) is 11.6 Å². The van der Waals surface area contributed by atoms with Gasteiger partial charge < -0.3 is 9.80 Å². The van der Waals surface area contributed by atoms with Crippen LogP contribution in [0.3, 0.4) is 0 Å². The van der Waals surface area contributed by atoms with Crippen molar-refractivity contribution in [2.45, 2.75) is 20.3 Å². The topological polar surface area (TPSA) is 92.5 Å². The van der Waals surface area contributed by atoms with Crippen LogP contribution in [0.1, 0.15) is 28.8 Å². The molecule has 2 aromatic rings. The number of hydrogen-bond donors (Lipinski definition) is 0. The lowest BCUT2D eigenvalue weighted by atomic mass is 10.1. The number of nitro groups is 1. The number of piperazine rings is 1. The molecule has 0 aliphatic carbocycles. The highest BCUT2D eigenvalue weighted by molar-refractivity contribution is 5.94. The third-order valence-electron chi connectivity index (χ3n) is 4.46. The summed E-state index contributed by atoms with van der Waals surface area (Å²) in [6, 6.07) is 7.74. The second-order valence-electron chi connectivity index (χ2n) is 6.20. The number of nitro benzene ring substituents is 1. The molecule has 2 heterocycles. The number of carbonyl (C=O) groups is 1. The third kappa shape index (κ3) is 3.79. The Morgan fingerprint density at radius 1 is 1.15 bits per heavy atom. The van der Waals surface area contributed by atoms with E-state index in [1.165, 1.54) is 24.3 Å². The molecule has 1 amide bonds. The Balaban J connectivity index is 1.65. The number of aromatic nitrogens is 2. The smallest absolute Gasteiger partial charge is 0.269 e. The number of hydrogen-bond acceptors (Lipinski definition) is 6. The average Bonchev–Trinajstić information content (AvgIpc) is 2.67. The summed E-state index contributed by atoms with van der Waals surface area (Å²) in [5.41, 5.74) is 1.46. The van der Waals surface area contributed by atoms with Gasteiger partial charge in [0.05, 0.1) is 4.92 Å². The summed E-state index contributed by atoms with van der Waals surface area (Å²) in [7, 11) is 0. The Bertz CT molecular complexity index is 814. The van der Waals surface area contributed by atoms with Gasteiger partial charge in [-0.05, 0) is 25.5 Å². The molecular weight excluding hydrogens is 334 g/mol. The van der Waals surface area contributed by atoms with Gasteiger partial charge in [-0.2, -0.15) is 0 Å². The van der Waals surface area contributed by atoms with Crippen LogP contribution in [0.5, 0.6) is 0 Å². The van der Waals surface area contributed by atoms with Crippen LogP contribution in [0.4, 0.5) is 11.5 Å². The van der Waals surface area contributed by atoms with Crippen LogP contribution in [0.15, 0.2) is 30.3 Å². The molecule has 0 saturated carbocycles. The zero-order valence-electron chi connectivity index (χ0n) is 14.9. The van der Waals surface area contributed by atoms with E-state index in [1.54, 1.807) is 4.90 Å². The van der Waals surface area contributed by atoms with E-state index in [4.69, 9.17) is 0 Å². The molecule has 1 fully saturated rings. The normalized spacial score (nSPS) is 14.4. The first-order valence-corrected chi connectivity index (χ1v) is 8.61. The zero-order chi connectivity index (χ0) is 18.7.